The van der Waals surface area contributed by atoms with Gasteiger partial charge in [0.05, 0.1) is 11.4 Å². The Kier molecular flexibility index (Phi) is 10.8. The summed E-state index contributed by atoms with van der Waals surface area (Å²) in [6.07, 6.45) is 12.7. The van der Waals surface area contributed by atoms with Gasteiger partial charge in [0.1, 0.15) is 11.6 Å². The molecule has 0 aliphatic carbocycles. The van der Waals surface area contributed by atoms with E-state index in [1.807, 2.05) is 12.1 Å². The molecule has 0 unspecified atom stereocenters. The van der Waals surface area contributed by atoms with Gasteiger partial charge in [-0.25, -0.2) is 13.8 Å². The van der Waals surface area contributed by atoms with Gasteiger partial charge in [0.15, 0.2) is 0 Å². The number of aromatic nitrogens is 2. The standard InChI is InChI=1S/C29H39BF2N2/c1-3-5-7-9-17-27-28(18-10-8-6-4-2)34-29(33-27)30-21-26(22-13-11-15-24(31)19-22)23-14-12-16-25(32)20-23/h11-16,19-20,26,30H,3-10,17-18,21H2,1-2H3,(H,33,34). The molecule has 0 spiro atoms. The summed E-state index contributed by atoms with van der Waals surface area (Å²) in [5, 5.41) is 0. The van der Waals surface area contributed by atoms with Crippen LogP contribution in [0.25, 0.3) is 0 Å². The number of unbranched alkanes of at least 4 members (excludes halogenated alkanes) is 6. The third-order valence-corrected chi connectivity index (χ3v) is 6.63. The Hall–Kier alpha value is -2.43. The Balaban J connectivity index is 1.75. The van der Waals surface area contributed by atoms with E-state index in [-0.39, 0.29) is 17.6 Å². The van der Waals surface area contributed by atoms with Crippen LogP contribution in [0, 0.1) is 11.6 Å². The van der Waals surface area contributed by atoms with Crippen LogP contribution in [0.15, 0.2) is 48.5 Å². The molecular formula is C29H39BF2N2. The zero-order valence-corrected chi connectivity index (χ0v) is 20.9. The van der Waals surface area contributed by atoms with Crippen LogP contribution in [0.3, 0.4) is 0 Å². The van der Waals surface area contributed by atoms with Crippen molar-refractivity contribution in [2.75, 3.05) is 0 Å². The van der Waals surface area contributed by atoms with Gasteiger partial charge in [0.2, 0.25) is 7.28 Å². The van der Waals surface area contributed by atoms with Crippen molar-refractivity contribution in [3.8, 4) is 0 Å². The summed E-state index contributed by atoms with van der Waals surface area (Å²) in [4.78, 5) is 8.62. The van der Waals surface area contributed by atoms with Crippen LogP contribution in [0.4, 0.5) is 8.78 Å². The molecule has 0 bridgehead atoms. The number of aryl methyl sites for hydroxylation is 2. The monoisotopic (exact) mass is 464 g/mol. The van der Waals surface area contributed by atoms with E-state index in [0.29, 0.717) is 0 Å². The van der Waals surface area contributed by atoms with Crippen LogP contribution in [-0.2, 0) is 12.8 Å². The van der Waals surface area contributed by atoms with E-state index in [9.17, 15) is 8.78 Å². The van der Waals surface area contributed by atoms with Crippen molar-refractivity contribution in [2.24, 2.45) is 0 Å². The largest absolute Gasteiger partial charge is 0.354 e. The third-order valence-electron chi connectivity index (χ3n) is 6.63. The first-order chi connectivity index (χ1) is 16.6. The number of benzene rings is 2. The summed E-state index contributed by atoms with van der Waals surface area (Å²) >= 11 is 0. The molecule has 1 aromatic heterocycles. The van der Waals surface area contributed by atoms with Crippen molar-refractivity contribution in [3.63, 3.8) is 0 Å². The zero-order chi connectivity index (χ0) is 24.2. The fourth-order valence-electron chi connectivity index (χ4n) is 4.74. The molecule has 2 nitrogen and oxygen atoms in total. The molecule has 1 heterocycles. The van der Waals surface area contributed by atoms with Gasteiger partial charge >= 0.3 is 0 Å². The highest BCUT2D eigenvalue weighted by Gasteiger charge is 2.19. The average Bonchev–Trinajstić information content (AvgIpc) is 3.21. The summed E-state index contributed by atoms with van der Waals surface area (Å²) < 4.78 is 28.0. The van der Waals surface area contributed by atoms with Gasteiger partial charge in [0, 0.05) is 11.6 Å². The van der Waals surface area contributed by atoms with Gasteiger partial charge in [-0.3, -0.25) is 0 Å². The van der Waals surface area contributed by atoms with Gasteiger partial charge in [-0.15, -0.1) is 0 Å². The minimum absolute atomic E-state index is 0.0856. The van der Waals surface area contributed by atoms with Crippen molar-refractivity contribution >= 4 is 13.0 Å². The smallest absolute Gasteiger partial charge is 0.205 e. The number of imidazole rings is 1. The number of hydrogen-bond donors (Lipinski definition) is 1. The molecule has 2 aromatic carbocycles. The topological polar surface area (TPSA) is 28.7 Å². The summed E-state index contributed by atoms with van der Waals surface area (Å²) in [6, 6.07) is 13.4. The zero-order valence-electron chi connectivity index (χ0n) is 20.9. The lowest BCUT2D eigenvalue weighted by atomic mass is 9.65. The van der Waals surface area contributed by atoms with Crippen molar-refractivity contribution in [1.29, 1.82) is 0 Å². The van der Waals surface area contributed by atoms with Gasteiger partial charge in [-0.1, -0.05) is 83.0 Å². The first-order valence-electron chi connectivity index (χ1n) is 13.2. The summed E-state index contributed by atoms with van der Waals surface area (Å²) in [6.45, 7) is 4.47. The number of aromatic amines is 1. The quantitative estimate of drug-likeness (QED) is 0.186. The molecule has 1 N–H and O–H groups in total. The molecule has 5 heteroatoms. The SMILES string of the molecule is CCCCCCc1nc(BCC(c2cccc(F)c2)c2cccc(F)c2)[nH]c1CCCCCC. The van der Waals surface area contributed by atoms with Gasteiger partial charge in [-0.05, 0) is 61.1 Å². The molecule has 0 fully saturated rings. The molecule has 0 saturated carbocycles. The van der Waals surface area contributed by atoms with Crippen molar-refractivity contribution in [2.45, 2.75) is 90.3 Å². The van der Waals surface area contributed by atoms with Gasteiger partial charge in [0.25, 0.3) is 0 Å². The van der Waals surface area contributed by atoms with E-state index < -0.39 is 0 Å². The van der Waals surface area contributed by atoms with E-state index in [4.69, 9.17) is 4.98 Å². The van der Waals surface area contributed by atoms with Crippen LogP contribution in [0.5, 0.6) is 0 Å². The predicted molar refractivity (Wildman–Crippen MR) is 141 cm³/mol. The second-order valence-electron chi connectivity index (χ2n) is 9.43. The van der Waals surface area contributed by atoms with Crippen LogP contribution in [0.1, 0.15) is 93.6 Å². The highest BCUT2D eigenvalue weighted by molar-refractivity contribution is 6.51. The van der Waals surface area contributed by atoms with E-state index in [1.54, 1.807) is 24.3 Å². The van der Waals surface area contributed by atoms with Crippen LogP contribution in [0.2, 0.25) is 6.32 Å². The van der Waals surface area contributed by atoms with Gasteiger partial charge < -0.3 is 4.98 Å². The molecule has 182 valence electrons. The second kappa shape index (κ2) is 14.1. The lowest BCUT2D eigenvalue weighted by molar-refractivity contribution is 0.621. The Morgan fingerprint density at radius 2 is 1.38 bits per heavy atom. The summed E-state index contributed by atoms with van der Waals surface area (Å²) in [5.74, 6) is -0.612. The molecule has 3 aromatic rings. The van der Waals surface area contributed by atoms with Gasteiger partial charge in [-0.2, -0.15) is 0 Å². The summed E-state index contributed by atoms with van der Waals surface area (Å²) in [5.41, 5.74) is 5.24. The number of nitrogens with one attached hydrogen (secondary N) is 1. The Morgan fingerprint density at radius 3 is 1.94 bits per heavy atom. The van der Waals surface area contributed by atoms with Crippen LogP contribution >= 0.6 is 0 Å². The van der Waals surface area contributed by atoms with E-state index in [2.05, 4.69) is 18.8 Å². The summed E-state index contributed by atoms with van der Waals surface area (Å²) in [7, 11) is 0.745. The molecule has 0 atom stereocenters. The molecular weight excluding hydrogens is 425 g/mol. The van der Waals surface area contributed by atoms with E-state index in [0.717, 1.165) is 43.3 Å². The molecule has 3 rings (SSSR count). The maximum Gasteiger partial charge on any atom is 0.205 e. The third kappa shape index (κ3) is 8.11. The Morgan fingerprint density at radius 1 is 0.794 bits per heavy atom. The first-order valence-corrected chi connectivity index (χ1v) is 13.2. The molecule has 0 aliphatic heterocycles. The fourth-order valence-corrected chi connectivity index (χ4v) is 4.74. The number of H-pyrrole nitrogens is 1. The first kappa shape index (κ1) is 26.2. The minimum atomic E-state index is -0.263. The van der Waals surface area contributed by atoms with Crippen molar-refractivity contribution in [1.82, 2.24) is 9.97 Å². The predicted octanol–water partition coefficient (Wildman–Crippen LogP) is 7.25. The number of rotatable bonds is 15. The Bertz CT molecular complexity index is 926. The highest BCUT2D eigenvalue weighted by atomic mass is 19.1. The molecule has 0 radical (unpaired) electrons. The van der Waals surface area contributed by atoms with Crippen LogP contribution < -0.4 is 5.72 Å². The lowest BCUT2D eigenvalue weighted by Crippen LogP contribution is -2.21. The highest BCUT2D eigenvalue weighted by Crippen LogP contribution is 2.29. The number of halogens is 2. The lowest BCUT2D eigenvalue weighted by Gasteiger charge is -2.17. The molecule has 0 aliphatic rings. The van der Waals surface area contributed by atoms with Crippen molar-refractivity contribution < 1.29 is 8.78 Å². The molecule has 0 saturated heterocycles. The minimum Gasteiger partial charge on any atom is -0.354 e. The van der Waals surface area contributed by atoms with Crippen LogP contribution in [-0.4, -0.2) is 17.2 Å². The van der Waals surface area contributed by atoms with E-state index >= 15 is 0 Å². The fraction of sp³-hybridized carbons (Fsp3) is 0.483. The number of nitrogens with zero attached hydrogens (tertiary/aromatic N) is 1. The second-order valence-corrected chi connectivity index (χ2v) is 9.43. The Labute approximate surface area is 204 Å². The maximum absolute atomic E-state index is 14.0. The normalized spacial score (nSPS) is 11.3. The average molecular weight is 464 g/mol. The maximum atomic E-state index is 14.0. The van der Waals surface area contributed by atoms with Crippen molar-refractivity contribution in [3.05, 3.63) is 82.7 Å². The molecule has 34 heavy (non-hydrogen) atoms. The molecule has 0 amide bonds. The number of hydrogen-bond acceptors (Lipinski definition) is 1. The van der Waals surface area contributed by atoms with E-state index in [1.165, 1.54) is 74.9 Å².